The monoisotopic (exact) mass is 414 g/mol. The van der Waals surface area contributed by atoms with E-state index in [0.29, 0.717) is 28.6 Å². The summed E-state index contributed by atoms with van der Waals surface area (Å²) in [5.41, 5.74) is 3.91. The summed E-state index contributed by atoms with van der Waals surface area (Å²) in [5, 5.41) is 23.7. The van der Waals surface area contributed by atoms with E-state index in [2.05, 4.69) is 26.8 Å². The molecule has 2 aromatic heterocycles. The minimum Gasteiger partial charge on any atom is -0.495 e. The summed E-state index contributed by atoms with van der Waals surface area (Å²) in [4.78, 5) is 15.8. The zero-order chi connectivity index (χ0) is 21.5. The van der Waals surface area contributed by atoms with Crippen molar-refractivity contribution in [3.05, 3.63) is 53.7 Å². The maximum absolute atomic E-state index is 11.3. The zero-order valence-electron chi connectivity index (χ0n) is 16.7. The fourth-order valence-corrected chi connectivity index (χ4v) is 4.27. The van der Waals surface area contributed by atoms with E-state index < -0.39 is 5.97 Å². The van der Waals surface area contributed by atoms with Gasteiger partial charge in [0.2, 0.25) is 5.82 Å². The van der Waals surface area contributed by atoms with Crippen LogP contribution in [0.15, 0.2) is 47.0 Å². The maximum atomic E-state index is 11.3. The number of hydrogen-bond acceptors (Lipinski definition) is 6. The third-order valence-corrected chi connectivity index (χ3v) is 5.68. The summed E-state index contributed by atoms with van der Waals surface area (Å²) >= 11 is 0. The molecule has 0 saturated heterocycles. The van der Waals surface area contributed by atoms with Gasteiger partial charge in [-0.05, 0) is 48.6 Å². The van der Waals surface area contributed by atoms with Gasteiger partial charge in [-0.15, -0.1) is 0 Å². The van der Waals surface area contributed by atoms with Gasteiger partial charge in [0.15, 0.2) is 0 Å². The second kappa shape index (κ2) is 7.29. The van der Waals surface area contributed by atoms with E-state index >= 15 is 0 Å². The number of methoxy groups -OCH3 is 1. The number of benzene rings is 2. The first-order chi connectivity index (χ1) is 15.1. The van der Waals surface area contributed by atoms with Crippen LogP contribution in [0.5, 0.6) is 5.75 Å². The molecule has 0 amide bonds. The average Bonchev–Trinajstić information content (AvgIpc) is 3.49. The summed E-state index contributed by atoms with van der Waals surface area (Å²) in [7, 11) is 1.51. The van der Waals surface area contributed by atoms with Gasteiger partial charge in [-0.1, -0.05) is 17.3 Å². The molecular weight excluding hydrogens is 396 g/mol. The third-order valence-electron chi connectivity index (χ3n) is 5.68. The second-order valence-electron chi connectivity index (χ2n) is 7.52. The Hall–Kier alpha value is -4.12. The van der Waals surface area contributed by atoms with Crippen molar-refractivity contribution < 1.29 is 19.2 Å². The Bertz CT molecular complexity index is 1360. The molecule has 1 aliphatic heterocycles. The van der Waals surface area contributed by atoms with Gasteiger partial charge in [0.1, 0.15) is 11.8 Å². The van der Waals surface area contributed by atoms with Gasteiger partial charge < -0.3 is 18.9 Å². The van der Waals surface area contributed by atoms with Crippen molar-refractivity contribution in [2.24, 2.45) is 0 Å². The van der Waals surface area contributed by atoms with Crippen LogP contribution >= 0.6 is 0 Å². The van der Waals surface area contributed by atoms with E-state index in [4.69, 9.17) is 9.26 Å². The van der Waals surface area contributed by atoms with Crippen molar-refractivity contribution >= 4 is 16.9 Å². The fraction of sp³-hybridized carbons (Fsp3) is 0.217. The summed E-state index contributed by atoms with van der Waals surface area (Å²) < 4.78 is 12.7. The van der Waals surface area contributed by atoms with Crippen LogP contribution in [-0.4, -0.2) is 32.9 Å². The predicted molar refractivity (Wildman–Crippen MR) is 112 cm³/mol. The molecule has 154 valence electrons. The minimum atomic E-state index is -0.796. The molecule has 0 spiro atoms. The number of aliphatic carboxylic acids is 1. The number of hydrogen-bond donors (Lipinski definition) is 1. The molecule has 1 unspecified atom stereocenters. The van der Waals surface area contributed by atoms with E-state index in [1.165, 1.54) is 7.11 Å². The number of fused-ring (bicyclic) bond motifs is 3. The van der Waals surface area contributed by atoms with E-state index in [9.17, 15) is 15.2 Å². The first kappa shape index (κ1) is 18.9. The average molecular weight is 414 g/mol. The van der Waals surface area contributed by atoms with Crippen molar-refractivity contribution in [3.63, 3.8) is 0 Å². The molecule has 0 bridgehead atoms. The van der Waals surface area contributed by atoms with Gasteiger partial charge in [-0.2, -0.15) is 10.2 Å². The SMILES string of the molecule is COc1ccc(-c2nc(-c3ccc4cc5n(c4c3)C(CC(=O)O)CC5)no2)cc1C#N. The quantitative estimate of drug-likeness (QED) is 0.520. The molecule has 1 atom stereocenters. The lowest BCUT2D eigenvalue weighted by atomic mass is 10.1. The number of nitriles is 1. The van der Waals surface area contributed by atoms with Gasteiger partial charge in [-0.3, -0.25) is 4.79 Å². The number of ether oxygens (including phenoxy) is 1. The highest BCUT2D eigenvalue weighted by Gasteiger charge is 2.26. The van der Waals surface area contributed by atoms with Gasteiger partial charge in [-0.25, -0.2) is 0 Å². The Morgan fingerprint density at radius 2 is 2.13 bits per heavy atom. The Morgan fingerprint density at radius 1 is 1.29 bits per heavy atom. The molecule has 3 heterocycles. The van der Waals surface area contributed by atoms with Crippen LogP contribution in [0.4, 0.5) is 0 Å². The number of carboxylic acid groups (broad SMARTS) is 1. The molecule has 31 heavy (non-hydrogen) atoms. The van der Waals surface area contributed by atoms with Gasteiger partial charge in [0.05, 0.1) is 19.1 Å². The predicted octanol–water partition coefficient (Wildman–Crippen LogP) is 4.20. The normalized spacial score (nSPS) is 15.0. The van der Waals surface area contributed by atoms with Crippen molar-refractivity contribution in [1.29, 1.82) is 5.26 Å². The zero-order valence-corrected chi connectivity index (χ0v) is 16.7. The van der Waals surface area contributed by atoms with Crippen LogP contribution in [0.25, 0.3) is 33.7 Å². The molecule has 1 aliphatic rings. The molecule has 0 radical (unpaired) electrons. The van der Waals surface area contributed by atoms with Gasteiger partial charge >= 0.3 is 5.97 Å². The lowest BCUT2D eigenvalue weighted by Gasteiger charge is -2.13. The number of nitrogens with zero attached hydrogens (tertiary/aromatic N) is 4. The Balaban J connectivity index is 1.52. The van der Waals surface area contributed by atoms with Crippen molar-refractivity contribution in [2.75, 3.05) is 7.11 Å². The van der Waals surface area contributed by atoms with Crippen LogP contribution in [0, 0.1) is 11.3 Å². The lowest BCUT2D eigenvalue weighted by molar-refractivity contribution is -0.137. The van der Waals surface area contributed by atoms with Crippen molar-refractivity contribution in [2.45, 2.75) is 25.3 Å². The van der Waals surface area contributed by atoms with Crippen LogP contribution in [0.1, 0.15) is 30.1 Å². The van der Waals surface area contributed by atoms with Gasteiger partial charge in [0.25, 0.3) is 5.89 Å². The van der Waals surface area contributed by atoms with E-state index in [0.717, 1.165) is 35.0 Å². The maximum Gasteiger partial charge on any atom is 0.305 e. The highest BCUT2D eigenvalue weighted by atomic mass is 16.5. The Labute approximate surface area is 177 Å². The standard InChI is InChI=1S/C23H18N4O4/c1-30-20-7-4-15(8-16(20)12-24)23-25-22(26-31-23)14-3-2-13-9-17-5-6-18(11-21(28)29)27(17)19(13)10-14/h2-4,7-10,18H,5-6,11H2,1H3,(H,28,29). The number of carbonyl (C=O) groups is 1. The highest BCUT2D eigenvalue weighted by molar-refractivity contribution is 5.86. The second-order valence-corrected chi connectivity index (χ2v) is 7.52. The first-order valence-corrected chi connectivity index (χ1v) is 9.85. The first-order valence-electron chi connectivity index (χ1n) is 9.85. The molecule has 0 fully saturated rings. The highest BCUT2D eigenvalue weighted by Crippen LogP contribution is 2.36. The smallest absolute Gasteiger partial charge is 0.305 e. The molecule has 5 rings (SSSR count). The summed E-state index contributed by atoms with van der Waals surface area (Å²) in [6, 6.07) is 15.1. The molecule has 0 saturated carbocycles. The number of carboxylic acids is 1. The van der Waals surface area contributed by atoms with E-state index in [1.54, 1.807) is 18.2 Å². The number of aromatic nitrogens is 3. The summed E-state index contributed by atoms with van der Waals surface area (Å²) in [5.74, 6) is 0.414. The molecular formula is C23H18N4O4. The van der Waals surface area contributed by atoms with Crippen LogP contribution < -0.4 is 4.74 Å². The van der Waals surface area contributed by atoms with Crippen molar-refractivity contribution in [1.82, 2.24) is 14.7 Å². The third kappa shape index (κ3) is 3.20. The molecule has 1 N–H and O–H groups in total. The fourth-order valence-electron chi connectivity index (χ4n) is 4.27. The van der Waals surface area contributed by atoms with Crippen molar-refractivity contribution in [3.8, 4) is 34.7 Å². The van der Waals surface area contributed by atoms with Crippen LogP contribution in [-0.2, 0) is 11.2 Å². The molecule has 4 aromatic rings. The largest absolute Gasteiger partial charge is 0.495 e. The number of rotatable bonds is 5. The van der Waals surface area contributed by atoms with E-state index in [1.807, 2.05) is 18.2 Å². The van der Waals surface area contributed by atoms with E-state index in [-0.39, 0.29) is 12.5 Å². The van der Waals surface area contributed by atoms with Crippen LogP contribution in [0.2, 0.25) is 0 Å². The lowest BCUT2D eigenvalue weighted by Crippen LogP contribution is -2.09. The Morgan fingerprint density at radius 3 is 2.90 bits per heavy atom. The van der Waals surface area contributed by atoms with Gasteiger partial charge in [0, 0.05) is 28.4 Å². The molecule has 8 heteroatoms. The summed E-state index contributed by atoms with van der Waals surface area (Å²) in [6.45, 7) is 0. The molecule has 2 aromatic carbocycles. The molecule has 0 aliphatic carbocycles. The molecule has 8 nitrogen and oxygen atoms in total. The number of aryl methyl sites for hydroxylation is 1. The topological polar surface area (TPSA) is 114 Å². The Kier molecular flexibility index (Phi) is 4.44. The van der Waals surface area contributed by atoms with Crippen LogP contribution in [0.3, 0.4) is 0 Å². The minimum absolute atomic E-state index is 0.0511. The summed E-state index contributed by atoms with van der Waals surface area (Å²) in [6.07, 6.45) is 1.80.